The van der Waals surface area contributed by atoms with Crippen LogP contribution in [-0.2, 0) is 0 Å². The Bertz CT molecular complexity index is 493. The molecule has 0 spiro atoms. The van der Waals surface area contributed by atoms with Crippen LogP contribution in [0.3, 0.4) is 0 Å². The Kier molecular flexibility index (Phi) is 6.27. The van der Waals surface area contributed by atoms with Gasteiger partial charge in [0.2, 0.25) is 0 Å². The van der Waals surface area contributed by atoms with Crippen molar-refractivity contribution in [3.8, 4) is 0 Å². The molecular weight excluding hydrogens is 284 g/mol. The molecule has 1 rings (SSSR count). The molecule has 7 heteroatoms. The number of benzene rings is 1. The molecule has 1 aromatic rings. The monoisotopic (exact) mass is 300 g/mol. The SMILES string of the molecule is CCN(CCCO)C(=O)Nc1ccc(Cl)cc1C(=O)O. The molecule has 0 unspecified atom stereocenters. The molecule has 1 aromatic carbocycles. The quantitative estimate of drug-likeness (QED) is 0.752. The van der Waals surface area contributed by atoms with E-state index in [-0.39, 0.29) is 22.9 Å². The number of hydrogen-bond donors (Lipinski definition) is 3. The van der Waals surface area contributed by atoms with Crippen molar-refractivity contribution in [2.45, 2.75) is 13.3 Å². The Balaban J connectivity index is 2.86. The molecule has 6 nitrogen and oxygen atoms in total. The van der Waals surface area contributed by atoms with Gasteiger partial charge in [-0.05, 0) is 31.5 Å². The van der Waals surface area contributed by atoms with Crippen molar-refractivity contribution >= 4 is 29.3 Å². The highest BCUT2D eigenvalue weighted by atomic mass is 35.5. The van der Waals surface area contributed by atoms with Crippen LogP contribution >= 0.6 is 11.6 Å². The molecule has 20 heavy (non-hydrogen) atoms. The Morgan fingerprint density at radius 1 is 1.40 bits per heavy atom. The maximum Gasteiger partial charge on any atom is 0.337 e. The maximum absolute atomic E-state index is 12.0. The number of carboxylic acid groups (broad SMARTS) is 1. The second-order valence-electron chi connectivity index (χ2n) is 4.08. The van der Waals surface area contributed by atoms with Crippen LogP contribution in [-0.4, -0.2) is 46.8 Å². The van der Waals surface area contributed by atoms with E-state index in [1.54, 1.807) is 6.92 Å². The molecule has 0 atom stereocenters. The number of rotatable bonds is 6. The molecule has 0 aliphatic rings. The summed E-state index contributed by atoms with van der Waals surface area (Å²) in [5, 5.41) is 20.7. The molecule has 0 aliphatic carbocycles. The predicted molar refractivity (Wildman–Crippen MR) is 76.4 cm³/mol. The third kappa shape index (κ3) is 4.40. The van der Waals surface area contributed by atoms with Gasteiger partial charge in [-0.15, -0.1) is 0 Å². The number of anilines is 1. The molecule has 0 fully saturated rings. The smallest absolute Gasteiger partial charge is 0.337 e. The molecule has 3 N–H and O–H groups in total. The summed E-state index contributed by atoms with van der Waals surface area (Å²) in [6.45, 7) is 2.65. The summed E-state index contributed by atoms with van der Waals surface area (Å²) in [4.78, 5) is 24.6. The standard InChI is InChI=1S/C13H17ClN2O4/c1-2-16(6-3-7-17)13(20)15-11-5-4-9(14)8-10(11)12(18)19/h4-5,8,17H,2-3,6-7H2,1H3,(H,15,20)(H,18,19). The summed E-state index contributed by atoms with van der Waals surface area (Å²) in [7, 11) is 0. The van der Waals surface area contributed by atoms with Gasteiger partial charge in [-0.25, -0.2) is 9.59 Å². The van der Waals surface area contributed by atoms with Crippen molar-refractivity contribution in [3.05, 3.63) is 28.8 Å². The highest BCUT2D eigenvalue weighted by Crippen LogP contribution is 2.21. The topological polar surface area (TPSA) is 89.9 Å². The van der Waals surface area contributed by atoms with Gasteiger partial charge in [-0.2, -0.15) is 0 Å². The Labute approximate surface area is 122 Å². The highest BCUT2D eigenvalue weighted by Gasteiger charge is 2.16. The summed E-state index contributed by atoms with van der Waals surface area (Å²) < 4.78 is 0. The van der Waals surface area contributed by atoms with Crippen molar-refractivity contribution < 1.29 is 19.8 Å². The number of halogens is 1. The van der Waals surface area contributed by atoms with Gasteiger partial charge in [-0.3, -0.25) is 0 Å². The lowest BCUT2D eigenvalue weighted by molar-refractivity contribution is 0.0698. The molecule has 0 aromatic heterocycles. The minimum Gasteiger partial charge on any atom is -0.478 e. The zero-order valence-corrected chi connectivity index (χ0v) is 11.9. The maximum atomic E-state index is 12.0. The fourth-order valence-electron chi connectivity index (χ4n) is 1.66. The lowest BCUT2D eigenvalue weighted by Crippen LogP contribution is -2.36. The highest BCUT2D eigenvalue weighted by molar-refractivity contribution is 6.31. The number of nitrogens with zero attached hydrogens (tertiary/aromatic N) is 1. The van der Waals surface area contributed by atoms with E-state index in [1.165, 1.54) is 23.1 Å². The number of aliphatic hydroxyl groups is 1. The predicted octanol–water partition coefficient (Wildman–Crippen LogP) is 2.27. The van der Waals surface area contributed by atoms with E-state index in [1.807, 2.05) is 0 Å². The van der Waals surface area contributed by atoms with Gasteiger partial charge < -0.3 is 20.4 Å². The number of aliphatic hydroxyl groups excluding tert-OH is 1. The zero-order chi connectivity index (χ0) is 15.1. The molecule has 0 aliphatic heterocycles. The number of urea groups is 1. The summed E-state index contributed by atoms with van der Waals surface area (Å²) >= 11 is 5.74. The van der Waals surface area contributed by atoms with Crippen LogP contribution in [0.1, 0.15) is 23.7 Å². The van der Waals surface area contributed by atoms with Gasteiger partial charge in [0, 0.05) is 24.7 Å². The molecule has 0 bridgehead atoms. The number of aromatic carboxylic acids is 1. The van der Waals surface area contributed by atoms with Crippen LogP contribution in [0.4, 0.5) is 10.5 Å². The van der Waals surface area contributed by atoms with Crippen molar-refractivity contribution in [2.75, 3.05) is 25.0 Å². The molecule has 0 saturated carbocycles. The Morgan fingerprint density at radius 3 is 2.65 bits per heavy atom. The van der Waals surface area contributed by atoms with Crippen molar-refractivity contribution in [1.82, 2.24) is 4.90 Å². The second kappa shape index (κ2) is 7.72. The molecule has 110 valence electrons. The van der Waals surface area contributed by atoms with E-state index in [2.05, 4.69) is 5.32 Å². The van der Waals surface area contributed by atoms with Gasteiger partial charge >= 0.3 is 12.0 Å². The first-order valence-electron chi connectivity index (χ1n) is 6.19. The molecule has 2 amide bonds. The number of carboxylic acids is 1. The van der Waals surface area contributed by atoms with E-state index < -0.39 is 12.0 Å². The van der Waals surface area contributed by atoms with Crippen molar-refractivity contribution in [1.29, 1.82) is 0 Å². The van der Waals surface area contributed by atoms with Crippen LogP contribution in [0.2, 0.25) is 5.02 Å². The molecular formula is C13H17ClN2O4. The summed E-state index contributed by atoms with van der Waals surface area (Å²) in [5.74, 6) is -1.17. The summed E-state index contributed by atoms with van der Waals surface area (Å²) in [5.41, 5.74) is 0.124. The average Bonchev–Trinajstić information content (AvgIpc) is 2.41. The molecule has 0 saturated heterocycles. The Hall–Kier alpha value is -1.79. The van der Waals surface area contributed by atoms with Crippen LogP contribution in [0.15, 0.2) is 18.2 Å². The Morgan fingerprint density at radius 2 is 2.10 bits per heavy atom. The first kappa shape index (κ1) is 16.3. The van der Waals surface area contributed by atoms with Gasteiger partial charge in [0.1, 0.15) is 0 Å². The van der Waals surface area contributed by atoms with Gasteiger partial charge in [-0.1, -0.05) is 11.6 Å². The van der Waals surface area contributed by atoms with E-state index in [4.69, 9.17) is 21.8 Å². The van der Waals surface area contributed by atoms with Crippen molar-refractivity contribution in [3.63, 3.8) is 0 Å². The normalized spacial score (nSPS) is 10.2. The minimum atomic E-state index is -1.17. The van der Waals surface area contributed by atoms with Crippen molar-refractivity contribution in [2.24, 2.45) is 0 Å². The minimum absolute atomic E-state index is 0.00883. The van der Waals surface area contributed by atoms with Crippen LogP contribution in [0.5, 0.6) is 0 Å². The zero-order valence-electron chi connectivity index (χ0n) is 11.1. The van der Waals surface area contributed by atoms with Gasteiger partial charge in [0.05, 0.1) is 11.3 Å². The lowest BCUT2D eigenvalue weighted by Gasteiger charge is -2.21. The number of amides is 2. The van der Waals surface area contributed by atoms with E-state index >= 15 is 0 Å². The molecule has 0 heterocycles. The van der Waals surface area contributed by atoms with E-state index in [9.17, 15) is 9.59 Å². The largest absolute Gasteiger partial charge is 0.478 e. The number of carbonyl (C=O) groups is 2. The van der Waals surface area contributed by atoms with Gasteiger partial charge in [0.15, 0.2) is 0 Å². The van der Waals surface area contributed by atoms with Crippen LogP contribution in [0.25, 0.3) is 0 Å². The lowest BCUT2D eigenvalue weighted by atomic mass is 10.2. The second-order valence-corrected chi connectivity index (χ2v) is 4.52. The third-order valence-electron chi connectivity index (χ3n) is 2.71. The number of carbonyl (C=O) groups excluding carboxylic acids is 1. The summed E-state index contributed by atoms with van der Waals surface area (Å²) in [6.07, 6.45) is 0.466. The van der Waals surface area contributed by atoms with Crippen LogP contribution < -0.4 is 5.32 Å². The summed E-state index contributed by atoms with van der Waals surface area (Å²) in [6, 6.07) is 3.83. The number of nitrogens with one attached hydrogen (secondary N) is 1. The fraction of sp³-hybridized carbons (Fsp3) is 0.385. The first-order chi connectivity index (χ1) is 9.49. The van der Waals surface area contributed by atoms with E-state index in [0.29, 0.717) is 19.5 Å². The van der Waals surface area contributed by atoms with Crippen LogP contribution in [0, 0.1) is 0 Å². The third-order valence-corrected chi connectivity index (χ3v) is 2.94. The fourth-order valence-corrected chi connectivity index (χ4v) is 1.83. The van der Waals surface area contributed by atoms with Gasteiger partial charge in [0.25, 0.3) is 0 Å². The number of hydrogen-bond acceptors (Lipinski definition) is 3. The van der Waals surface area contributed by atoms with E-state index in [0.717, 1.165) is 0 Å². The average molecular weight is 301 g/mol. The first-order valence-corrected chi connectivity index (χ1v) is 6.57. The molecule has 0 radical (unpaired) electrons.